The molecule has 2 unspecified atom stereocenters. The third-order valence-corrected chi connectivity index (χ3v) is 13.3. The van der Waals surface area contributed by atoms with E-state index in [1.54, 1.807) is 11.1 Å². The fourth-order valence-corrected chi connectivity index (χ4v) is 9.79. The van der Waals surface area contributed by atoms with E-state index in [0.29, 0.717) is 54.1 Å². The van der Waals surface area contributed by atoms with Crippen molar-refractivity contribution in [2.75, 3.05) is 81.1 Å². The average molecular weight is 806 g/mol. The minimum atomic E-state index is -1.28. The number of carbonyl (C=O) groups excluding carboxylic acids is 3. The van der Waals surface area contributed by atoms with E-state index in [1.807, 2.05) is 24.1 Å². The SMILES string of the molecule is CN1CCN([C@@H]2CCCN(c3cnc(C(N)O)c(Nc4ccc(C5CCN(CC6CCN(c7ccc8c(C9CCC(=O)NC9=O)noc8c7)CC6)CC5)cc4)n3)C2)C1=O. The number of hydrogen-bond donors (Lipinski definition) is 4. The van der Waals surface area contributed by atoms with Crippen LogP contribution in [0.5, 0.6) is 0 Å². The quantitative estimate of drug-likeness (QED) is 0.132. The maximum absolute atomic E-state index is 12.7. The summed E-state index contributed by atoms with van der Waals surface area (Å²) in [4.78, 5) is 57.1. The van der Waals surface area contributed by atoms with Gasteiger partial charge < -0.3 is 45.2 Å². The Kier molecular flexibility index (Phi) is 11.1. The van der Waals surface area contributed by atoms with Crippen LogP contribution in [-0.4, -0.2) is 125 Å². The highest BCUT2D eigenvalue weighted by Gasteiger charge is 2.35. The third-order valence-electron chi connectivity index (χ3n) is 13.3. The van der Waals surface area contributed by atoms with Crippen LogP contribution in [0, 0.1) is 5.92 Å². The molecule has 5 fully saturated rings. The van der Waals surface area contributed by atoms with Crippen molar-refractivity contribution in [3.05, 3.63) is 65.6 Å². The van der Waals surface area contributed by atoms with Gasteiger partial charge in [0.05, 0.1) is 18.2 Å². The van der Waals surface area contributed by atoms with Crippen molar-refractivity contribution in [3.8, 4) is 0 Å². The number of nitrogens with zero attached hydrogens (tertiary/aromatic N) is 8. The Morgan fingerprint density at radius 3 is 2.46 bits per heavy atom. The topological polar surface area (TPSA) is 190 Å². The van der Waals surface area contributed by atoms with Crippen LogP contribution >= 0.6 is 0 Å². The summed E-state index contributed by atoms with van der Waals surface area (Å²) in [5, 5.41) is 21.2. The molecule has 4 amide bonds. The van der Waals surface area contributed by atoms with E-state index in [1.165, 1.54) is 5.56 Å². The van der Waals surface area contributed by atoms with E-state index in [9.17, 15) is 19.5 Å². The number of rotatable bonds is 10. The Morgan fingerprint density at radius 2 is 1.73 bits per heavy atom. The normalized spacial score (nSPS) is 23.3. The second kappa shape index (κ2) is 16.7. The van der Waals surface area contributed by atoms with Crippen molar-refractivity contribution in [2.24, 2.45) is 11.7 Å². The van der Waals surface area contributed by atoms with Gasteiger partial charge in [0.1, 0.15) is 23.4 Å². The average Bonchev–Trinajstić information content (AvgIpc) is 3.83. The first-order valence-electron chi connectivity index (χ1n) is 21.3. The number of likely N-dealkylation sites (N-methyl/N-ethyl adjacent to an activating group) is 1. The molecule has 5 aliphatic heterocycles. The summed E-state index contributed by atoms with van der Waals surface area (Å²) in [5.41, 5.74) is 10.8. The molecule has 0 aliphatic carbocycles. The number of piperidine rings is 4. The van der Waals surface area contributed by atoms with Crippen LogP contribution in [0.4, 0.5) is 27.8 Å². The lowest BCUT2D eigenvalue weighted by atomic mass is 9.88. The summed E-state index contributed by atoms with van der Waals surface area (Å²) in [6.45, 7) is 8.27. The van der Waals surface area contributed by atoms with E-state index in [4.69, 9.17) is 15.2 Å². The Balaban J connectivity index is 0.753. The fraction of sp³-hybridized carbons (Fsp3) is 0.535. The number of imide groups is 1. The molecule has 5 aliphatic rings. The number of nitrogens with two attached hydrogens (primary N) is 1. The van der Waals surface area contributed by atoms with E-state index in [2.05, 4.69) is 65.8 Å². The highest BCUT2D eigenvalue weighted by atomic mass is 16.5. The molecule has 3 atom stereocenters. The maximum atomic E-state index is 12.7. The molecule has 312 valence electrons. The molecule has 4 aromatic rings. The molecule has 2 aromatic carbocycles. The lowest BCUT2D eigenvalue weighted by Crippen LogP contribution is -2.49. The first-order chi connectivity index (χ1) is 28.7. The van der Waals surface area contributed by atoms with Gasteiger partial charge in [0.25, 0.3) is 0 Å². The highest BCUT2D eigenvalue weighted by molar-refractivity contribution is 6.02. The number of anilines is 4. The summed E-state index contributed by atoms with van der Waals surface area (Å²) >= 11 is 0. The minimum absolute atomic E-state index is 0.0836. The van der Waals surface area contributed by atoms with Gasteiger partial charge in [-0.15, -0.1) is 0 Å². The van der Waals surface area contributed by atoms with Gasteiger partial charge in [-0.1, -0.05) is 17.3 Å². The van der Waals surface area contributed by atoms with Gasteiger partial charge in [-0.05, 0) is 99.7 Å². The number of nitrogens with one attached hydrogen (secondary N) is 2. The summed E-state index contributed by atoms with van der Waals surface area (Å²) in [6.07, 6.45) is 7.58. The first-order valence-corrected chi connectivity index (χ1v) is 21.3. The second-order valence-corrected chi connectivity index (χ2v) is 17.1. The van der Waals surface area contributed by atoms with Crippen LogP contribution in [0.2, 0.25) is 0 Å². The van der Waals surface area contributed by atoms with E-state index in [0.717, 1.165) is 108 Å². The Hall–Kier alpha value is -5.32. The number of carbonyl (C=O) groups is 3. The number of likely N-dealkylation sites (tertiary alicyclic amines) is 1. The van der Waals surface area contributed by atoms with E-state index in [-0.39, 0.29) is 29.6 Å². The zero-order chi connectivity index (χ0) is 40.6. The third kappa shape index (κ3) is 8.30. The van der Waals surface area contributed by atoms with E-state index < -0.39 is 12.1 Å². The van der Waals surface area contributed by atoms with Crippen molar-refractivity contribution in [1.82, 2.24) is 35.1 Å². The van der Waals surface area contributed by atoms with Crippen LogP contribution < -0.4 is 26.2 Å². The van der Waals surface area contributed by atoms with Crippen molar-refractivity contribution in [2.45, 2.75) is 75.5 Å². The number of aliphatic hydroxyl groups excluding tert-OH is 1. The molecule has 0 bridgehead atoms. The molecule has 9 rings (SSSR count). The van der Waals surface area contributed by atoms with Gasteiger partial charge in [-0.25, -0.2) is 14.8 Å². The van der Waals surface area contributed by atoms with Gasteiger partial charge in [0.15, 0.2) is 11.4 Å². The highest BCUT2D eigenvalue weighted by Crippen LogP contribution is 2.35. The summed E-state index contributed by atoms with van der Waals surface area (Å²) in [5.74, 6) is 1.29. The van der Waals surface area contributed by atoms with Crippen LogP contribution in [0.1, 0.15) is 86.4 Å². The molecule has 5 saturated heterocycles. The van der Waals surface area contributed by atoms with E-state index >= 15 is 0 Å². The standard InChI is InChI=1S/C43H55N11O5/c1-50-21-22-54(43(50)58)32-3-2-16-53(26-32)36-24-45-39(40(44)56)41(47-36)46-30-6-4-28(5-7-30)29-14-17-51(18-15-29)25-27-12-19-52(20-13-27)31-8-9-33-35(23-31)59-49-38(33)34-10-11-37(55)48-42(34)57/h4-9,23-24,27,29,32,34,40,56H,2-3,10-22,25-26,44H2,1H3,(H,46,47)(H,48,55,57)/t32-,34?,40?/m1/s1. The molecule has 2 aromatic heterocycles. The monoisotopic (exact) mass is 805 g/mol. The summed E-state index contributed by atoms with van der Waals surface area (Å²) < 4.78 is 5.68. The lowest BCUT2D eigenvalue weighted by Gasteiger charge is -2.38. The lowest BCUT2D eigenvalue weighted by molar-refractivity contribution is -0.134. The van der Waals surface area contributed by atoms with Gasteiger partial charge in [-0.3, -0.25) is 14.9 Å². The van der Waals surface area contributed by atoms with Gasteiger partial charge >= 0.3 is 6.03 Å². The second-order valence-electron chi connectivity index (χ2n) is 17.1. The maximum Gasteiger partial charge on any atom is 0.320 e. The van der Waals surface area contributed by atoms with Crippen molar-refractivity contribution in [3.63, 3.8) is 0 Å². The largest absolute Gasteiger partial charge is 0.373 e. The number of amides is 4. The van der Waals surface area contributed by atoms with Crippen molar-refractivity contribution < 1.29 is 24.0 Å². The zero-order valence-corrected chi connectivity index (χ0v) is 33.8. The number of fused-ring (bicyclic) bond motifs is 1. The molecule has 59 heavy (non-hydrogen) atoms. The molecular weight excluding hydrogens is 751 g/mol. The molecule has 16 nitrogen and oxygen atoms in total. The predicted octanol–water partition coefficient (Wildman–Crippen LogP) is 4.26. The molecule has 16 heteroatoms. The number of aromatic nitrogens is 3. The van der Waals surface area contributed by atoms with Crippen molar-refractivity contribution >= 4 is 51.8 Å². The van der Waals surface area contributed by atoms with Crippen molar-refractivity contribution in [1.29, 1.82) is 0 Å². The van der Waals surface area contributed by atoms with Gasteiger partial charge in [0.2, 0.25) is 11.8 Å². The molecule has 7 heterocycles. The Labute approximate surface area is 344 Å². The van der Waals surface area contributed by atoms with Crippen LogP contribution in [-0.2, 0) is 9.59 Å². The summed E-state index contributed by atoms with van der Waals surface area (Å²) in [6, 6.07) is 14.9. The molecule has 5 N–H and O–H groups in total. The van der Waals surface area contributed by atoms with Crippen LogP contribution in [0.25, 0.3) is 11.0 Å². The summed E-state index contributed by atoms with van der Waals surface area (Å²) in [7, 11) is 1.85. The fourth-order valence-electron chi connectivity index (χ4n) is 9.79. The number of urea groups is 1. The van der Waals surface area contributed by atoms with Crippen LogP contribution in [0.15, 0.2) is 53.2 Å². The molecule has 0 spiro atoms. The Bertz CT molecular complexity index is 2160. The molecule has 0 saturated carbocycles. The number of aliphatic hydroxyl groups is 1. The Morgan fingerprint density at radius 1 is 0.932 bits per heavy atom. The van der Waals surface area contributed by atoms with Crippen LogP contribution in [0.3, 0.4) is 0 Å². The van der Waals surface area contributed by atoms with Gasteiger partial charge in [0, 0.05) is 82.1 Å². The minimum Gasteiger partial charge on any atom is -0.373 e. The zero-order valence-electron chi connectivity index (χ0n) is 33.8. The first kappa shape index (κ1) is 39.2. The number of hydrogen-bond acceptors (Lipinski definition) is 13. The predicted molar refractivity (Wildman–Crippen MR) is 223 cm³/mol. The molecule has 0 radical (unpaired) electrons. The smallest absolute Gasteiger partial charge is 0.320 e. The number of benzene rings is 2. The van der Waals surface area contributed by atoms with Gasteiger partial charge in [-0.2, -0.15) is 0 Å². The molecular formula is C43H55N11O5.